The minimum Gasteiger partial charge on any atom is -0.481 e. The molecule has 1 aromatic carbocycles. The van der Waals surface area contributed by atoms with Crippen LogP contribution in [0.4, 0.5) is 0 Å². The number of nitrogens with one attached hydrogen (secondary N) is 1. The van der Waals surface area contributed by atoms with E-state index >= 15 is 0 Å². The van der Waals surface area contributed by atoms with E-state index in [1.807, 2.05) is 41.8 Å². The number of para-hydroxylation sites is 1. The van der Waals surface area contributed by atoms with Gasteiger partial charge >= 0.3 is 0 Å². The molecule has 0 radical (unpaired) electrons. The number of hydrogen-bond donors (Lipinski definition) is 1. The monoisotopic (exact) mass is 379 g/mol. The van der Waals surface area contributed by atoms with Crippen molar-refractivity contribution in [2.75, 3.05) is 13.2 Å². The van der Waals surface area contributed by atoms with E-state index in [9.17, 15) is 4.79 Å². The van der Waals surface area contributed by atoms with Crippen LogP contribution < -0.4 is 10.1 Å². The van der Waals surface area contributed by atoms with Gasteiger partial charge in [0.25, 0.3) is 0 Å². The lowest BCUT2D eigenvalue weighted by Gasteiger charge is -2.26. The van der Waals surface area contributed by atoms with Gasteiger partial charge < -0.3 is 10.1 Å². The van der Waals surface area contributed by atoms with Gasteiger partial charge in [-0.1, -0.05) is 55.0 Å². The van der Waals surface area contributed by atoms with Crippen LogP contribution in [0.5, 0.6) is 5.75 Å². The zero-order chi connectivity index (χ0) is 19.0. The van der Waals surface area contributed by atoms with E-state index in [2.05, 4.69) is 29.8 Å². The maximum absolute atomic E-state index is 12.8. The molecule has 1 heterocycles. The highest BCUT2D eigenvalue weighted by Gasteiger charge is 2.43. The van der Waals surface area contributed by atoms with E-state index in [1.165, 1.54) is 4.88 Å². The average molecular weight is 380 g/mol. The molecule has 0 aliphatic heterocycles. The Morgan fingerprint density at radius 1 is 1.22 bits per heavy atom. The molecule has 0 bridgehead atoms. The number of carbonyl (C=O) groups is 1. The van der Waals surface area contributed by atoms with Gasteiger partial charge in [-0.3, -0.25) is 4.79 Å². The van der Waals surface area contributed by atoms with E-state index in [0.717, 1.165) is 43.4 Å². The first-order valence-electron chi connectivity index (χ1n) is 9.36. The topological polar surface area (TPSA) is 38.3 Å². The van der Waals surface area contributed by atoms with E-state index in [0.29, 0.717) is 13.2 Å². The molecule has 3 nitrogen and oxygen atoms in total. The Bertz CT molecular complexity index is 824. The van der Waals surface area contributed by atoms with Crippen LogP contribution in [0.3, 0.4) is 0 Å². The van der Waals surface area contributed by atoms with Crippen molar-refractivity contribution < 1.29 is 9.53 Å². The second-order valence-corrected chi connectivity index (χ2v) is 7.64. The standard InChI is InChI=1S/C23H25NO2S/c1-2-10-19-11-3-4-12-20(19)26-17-8-7-16-24-22(25)23(14-5-6-15-23)21-13-9-18-27-21/h2-4,9,11-13,18H,1,5-6,10,14-17H2,(H,24,25). The maximum atomic E-state index is 12.8. The fourth-order valence-electron chi connectivity index (χ4n) is 3.60. The van der Waals surface area contributed by atoms with Crippen LogP contribution >= 0.6 is 11.3 Å². The van der Waals surface area contributed by atoms with Crippen LogP contribution in [0.1, 0.15) is 36.1 Å². The first-order chi connectivity index (χ1) is 13.3. The lowest BCUT2D eigenvalue weighted by atomic mass is 9.83. The Labute approximate surface area is 165 Å². The van der Waals surface area contributed by atoms with Gasteiger partial charge in [-0.25, -0.2) is 0 Å². The van der Waals surface area contributed by atoms with Gasteiger partial charge in [0, 0.05) is 4.88 Å². The summed E-state index contributed by atoms with van der Waals surface area (Å²) in [5.41, 5.74) is 0.748. The van der Waals surface area contributed by atoms with Crippen molar-refractivity contribution in [3.63, 3.8) is 0 Å². The molecule has 1 fully saturated rings. The van der Waals surface area contributed by atoms with Crippen LogP contribution in [-0.4, -0.2) is 19.1 Å². The molecular weight excluding hydrogens is 354 g/mol. The zero-order valence-corrected chi connectivity index (χ0v) is 16.3. The summed E-state index contributed by atoms with van der Waals surface area (Å²) >= 11 is 1.67. The third-order valence-corrected chi connectivity index (χ3v) is 6.06. The fraction of sp³-hybridized carbons (Fsp3) is 0.348. The lowest BCUT2D eigenvalue weighted by molar-refractivity contribution is -0.126. The summed E-state index contributed by atoms with van der Waals surface area (Å²) in [6.45, 7) is 4.42. The number of thiophene rings is 1. The zero-order valence-electron chi connectivity index (χ0n) is 15.5. The van der Waals surface area contributed by atoms with Crippen LogP contribution in [0.2, 0.25) is 0 Å². The minimum atomic E-state index is -0.351. The number of amides is 1. The van der Waals surface area contributed by atoms with Crippen LogP contribution in [0.25, 0.3) is 0 Å². The summed E-state index contributed by atoms with van der Waals surface area (Å²) in [5.74, 6) is 6.92. The third-order valence-electron chi connectivity index (χ3n) is 4.98. The summed E-state index contributed by atoms with van der Waals surface area (Å²) in [6.07, 6.45) is 6.69. The third kappa shape index (κ3) is 4.61. The van der Waals surface area contributed by atoms with Crippen molar-refractivity contribution in [3.8, 4) is 17.6 Å². The molecule has 1 N–H and O–H groups in total. The SMILES string of the molecule is C=CCc1ccccc1OCC#CCNC(=O)C1(c2cccs2)CCCC1. The number of benzene rings is 1. The molecule has 0 spiro atoms. The molecule has 27 heavy (non-hydrogen) atoms. The predicted octanol–water partition coefficient (Wildman–Crippen LogP) is 4.49. The Morgan fingerprint density at radius 3 is 2.78 bits per heavy atom. The summed E-state index contributed by atoms with van der Waals surface area (Å²) in [7, 11) is 0. The summed E-state index contributed by atoms with van der Waals surface area (Å²) in [4.78, 5) is 14.0. The Kier molecular flexibility index (Phi) is 6.73. The predicted molar refractivity (Wildman–Crippen MR) is 111 cm³/mol. The van der Waals surface area contributed by atoms with E-state index in [4.69, 9.17) is 4.74 Å². The first-order valence-corrected chi connectivity index (χ1v) is 10.2. The molecule has 4 heteroatoms. The number of hydrogen-bond acceptors (Lipinski definition) is 3. The molecule has 1 saturated carbocycles. The van der Waals surface area contributed by atoms with E-state index < -0.39 is 0 Å². The smallest absolute Gasteiger partial charge is 0.232 e. The van der Waals surface area contributed by atoms with Gasteiger partial charge in [0.2, 0.25) is 5.91 Å². The van der Waals surface area contributed by atoms with E-state index in [-0.39, 0.29) is 11.3 Å². The second-order valence-electron chi connectivity index (χ2n) is 6.69. The highest BCUT2D eigenvalue weighted by molar-refractivity contribution is 7.10. The highest BCUT2D eigenvalue weighted by Crippen LogP contribution is 2.43. The fourth-order valence-corrected chi connectivity index (χ4v) is 4.59. The number of ether oxygens (including phenoxy) is 1. The molecule has 0 unspecified atom stereocenters. The highest BCUT2D eigenvalue weighted by atomic mass is 32.1. The molecular formula is C23H25NO2S. The summed E-state index contributed by atoms with van der Waals surface area (Å²) in [5, 5.41) is 5.06. The van der Waals surface area contributed by atoms with Crippen molar-refractivity contribution in [1.82, 2.24) is 5.32 Å². The van der Waals surface area contributed by atoms with E-state index in [1.54, 1.807) is 11.3 Å². The second kappa shape index (κ2) is 9.43. The Morgan fingerprint density at radius 2 is 2.04 bits per heavy atom. The largest absolute Gasteiger partial charge is 0.481 e. The number of rotatable bonds is 7. The van der Waals surface area contributed by atoms with Gasteiger partial charge in [-0.15, -0.1) is 17.9 Å². The van der Waals surface area contributed by atoms with Crippen molar-refractivity contribution >= 4 is 17.2 Å². The van der Waals surface area contributed by atoms with Gasteiger partial charge in [0.15, 0.2) is 0 Å². The van der Waals surface area contributed by atoms with Crippen LogP contribution in [0.15, 0.2) is 54.4 Å². The molecule has 1 aliphatic carbocycles. The molecule has 1 aliphatic rings. The molecule has 2 aromatic rings. The quantitative estimate of drug-likeness (QED) is 0.569. The number of allylic oxidation sites excluding steroid dienone is 1. The Balaban J connectivity index is 1.50. The molecule has 1 amide bonds. The van der Waals surface area contributed by atoms with Gasteiger partial charge in [-0.05, 0) is 42.3 Å². The summed E-state index contributed by atoms with van der Waals surface area (Å²) in [6, 6.07) is 12.0. The molecule has 0 saturated heterocycles. The summed E-state index contributed by atoms with van der Waals surface area (Å²) < 4.78 is 5.74. The molecule has 1 aromatic heterocycles. The molecule has 140 valence electrons. The first kappa shape index (κ1) is 19.3. The molecule has 3 rings (SSSR count). The van der Waals surface area contributed by atoms with Crippen molar-refractivity contribution in [1.29, 1.82) is 0 Å². The lowest BCUT2D eigenvalue weighted by Crippen LogP contribution is -2.42. The van der Waals surface area contributed by atoms with Gasteiger partial charge in [0.05, 0.1) is 12.0 Å². The van der Waals surface area contributed by atoms with Crippen LogP contribution in [-0.2, 0) is 16.6 Å². The van der Waals surface area contributed by atoms with Gasteiger partial charge in [0.1, 0.15) is 12.4 Å². The minimum absolute atomic E-state index is 0.106. The Hall–Kier alpha value is -2.51. The molecule has 0 atom stereocenters. The van der Waals surface area contributed by atoms with Gasteiger partial charge in [-0.2, -0.15) is 0 Å². The maximum Gasteiger partial charge on any atom is 0.232 e. The van der Waals surface area contributed by atoms with Crippen LogP contribution in [0, 0.1) is 11.8 Å². The normalized spacial score (nSPS) is 14.8. The number of carbonyl (C=O) groups excluding carboxylic acids is 1. The van der Waals surface area contributed by atoms with Crippen molar-refractivity contribution in [2.24, 2.45) is 0 Å². The van der Waals surface area contributed by atoms with Crippen molar-refractivity contribution in [3.05, 3.63) is 64.9 Å². The van der Waals surface area contributed by atoms with Crippen molar-refractivity contribution in [2.45, 2.75) is 37.5 Å². The average Bonchev–Trinajstić information content (AvgIpc) is 3.38.